The van der Waals surface area contributed by atoms with E-state index in [1.54, 1.807) is 11.8 Å². The Balaban J connectivity index is 2.40. The molecule has 0 aliphatic carbocycles. The van der Waals surface area contributed by atoms with Crippen molar-refractivity contribution in [3.8, 4) is 0 Å². The number of rotatable bonds is 4. The van der Waals surface area contributed by atoms with Gasteiger partial charge >= 0.3 is 0 Å². The summed E-state index contributed by atoms with van der Waals surface area (Å²) in [4.78, 5) is 1.16. The van der Waals surface area contributed by atoms with Crippen LogP contribution in [0.4, 0.5) is 0 Å². The van der Waals surface area contributed by atoms with E-state index < -0.39 is 0 Å². The van der Waals surface area contributed by atoms with Crippen LogP contribution in [0, 0.1) is 0 Å². The lowest BCUT2D eigenvalue weighted by Crippen LogP contribution is -1.91. The molecule has 1 rings (SSSR count). The fourth-order valence-electron chi connectivity index (χ4n) is 1.09. The van der Waals surface area contributed by atoms with Crippen molar-refractivity contribution in [2.75, 3.05) is 12.4 Å². The van der Waals surface area contributed by atoms with E-state index in [1.807, 2.05) is 6.92 Å². The molecule has 0 aromatic heterocycles. The molecule has 1 nitrogen and oxygen atoms in total. The number of thioether (sulfide) groups is 1. The first-order valence-corrected chi connectivity index (χ1v) is 5.04. The first kappa shape index (κ1) is 9.46. The molecule has 0 atom stereocenters. The minimum atomic E-state index is 0.700. The minimum Gasteiger partial charge on any atom is -0.498 e. The predicted molar refractivity (Wildman–Crippen MR) is 55.1 cm³/mol. The molecule has 66 valence electrons. The summed E-state index contributed by atoms with van der Waals surface area (Å²) in [6.07, 6.45) is 3.01. The normalized spacial score (nSPS) is 16.1. The fraction of sp³-hybridized carbons (Fsp3) is 0.400. The highest BCUT2D eigenvalue weighted by atomic mass is 32.2. The smallest absolute Gasteiger partial charge is 0.0932 e. The quantitative estimate of drug-likeness (QED) is 0.618. The summed E-state index contributed by atoms with van der Waals surface area (Å²) in [6.45, 7) is 10.4. The van der Waals surface area contributed by atoms with Gasteiger partial charge in [-0.1, -0.05) is 19.2 Å². The Morgan fingerprint density at radius 2 is 2.50 bits per heavy atom. The van der Waals surface area contributed by atoms with Crippen LogP contribution in [0.5, 0.6) is 0 Å². The van der Waals surface area contributed by atoms with Gasteiger partial charge in [-0.2, -0.15) is 0 Å². The third kappa shape index (κ3) is 2.45. The Morgan fingerprint density at radius 3 is 3.00 bits per heavy atom. The number of hydrogen-bond acceptors (Lipinski definition) is 2. The lowest BCUT2D eigenvalue weighted by Gasteiger charge is -2.07. The third-order valence-electron chi connectivity index (χ3n) is 1.68. The zero-order valence-corrected chi connectivity index (χ0v) is 8.25. The summed E-state index contributed by atoms with van der Waals surface area (Å²) in [7, 11) is 0. The van der Waals surface area contributed by atoms with E-state index in [1.165, 1.54) is 5.57 Å². The van der Waals surface area contributed by atoms with Crippen molar-refractivity contribution in [2.24, 2.45) is 0 Å². The highest BCUT2D eigenvalue weighted by molar-refractivity contribution is 8.03. The summed E-state index contributed by atoms with van der Waals surface area (Å²) in [5.74, 6) is 1.89. The van der Waals surface area contributed by atoms with Crippen LogP contribution < -0.4 is 0 Å². The van der Waals surface area contributed by atoms with Crippen molar-refractivity contribution < 1.29 is 4.74 Å². The molecule has 0 fully saturated rings. The van der Waals surface area contributed by atoms with Gasteiger partial charge in [-0.25, -0.2) is 0 Å². The van der Waals surface area contributed by atoms with E-state index in [9.17, 15) is 0 Å². The standard InChI is InChI=1S/C10H14OS/c1-4-11-8(2)7-10-5-6-12-9(10)3/h5H,2-4,6-7H2,1H3. The van der Waals surface area contributed by atoms with E-state index in [0.29, 0.717) is 6.61 Å². The monoisotopic (exact) mass is 182 g/mol. The molecular formula is C10H14OS. The van der Waals surface area contributed by atoms with Crippen LogP contribution in [0.2, 0.25) is 0 Å². The Labute approximate surface area is 78.2 Å². The van der Waals surface area contributed by atoms with Crippen LogP contribution >= 0.6 is 11.8 Å². The summed E-state index contributed by atoms with van der Waals surface area (Å²) in [5.41, 5.74) is 1.28. The van der Waals surface area contributed by atoms with Crippen LogP contribution in [0.15, 0.2) is 35.5 Å². The van der Waals surface area contributed by atoms with Gasteiger partial charge in [-0.05, 0) is 12.5 Å². The first-order valence-electron chi connectivity index (χ1n) is 4.05. The van der Waals surface area contributed by atoms with Gasteiger partial charge in [0.25, 0.3) is 0 Å². The zero-order valence-electron chi connectivity index (χ0n) is 7.43. The molecule has 1 aliphatic rings. The van der Waals surface area contributed by atoms with Gasteiger partial charge < -0.3 is 4.74 Å². The van der Waals surface area contributed by atoms with Crippen molar-refractivity contribution in [3.05, 3.63) is 35.5 Å². The highest BCUT2D eigenvalue weighted by Gasteiger charge is 2.10. The molecule has 1 aliphatic heterocycles. The lowest BCUT2D eigenvalue weighted by atomic mass is 10.1. The Kier molecular flexibility index (Phi) is 3.48. The Hall–Kier alpha value is -0.630. The van der Waals surface area contributed by atoms with Crippen molar-refractivity contribution in [2.45, 2.75) is 13.3 Å². The minimum absolute atomic E-state index is 0.700. The average molecular weight is 182 g/mol. The summed E-state index contributed by atoms with van der Waals surface area (Å²) >= 11 is 1.78. The molecule has 0 N–H and O–H groups in total. The average Bonchev–Trinajstić information content (AvgIpc) is 2.37. The van der Waals surface area contributed by atoms with E-state index >= 15 is 0 Å². The van der Waals surface area contributed by atoms with Gasteiger partial charge in [-0.3, -0.25) is 0 Å². The van der Waals surface area contributed by atoms with Crippen LogP contribution in [-0.4, -0.2) is 12.4 Å². The Morgan fingerprint density at radius 1 is 1.75 bits per heavy atom. The van der Waals surface area contributed by atoms with Crippen molar-refractivity contribution in [1.29, 1.82) is 0 Å². The van der Waals surface area contributed by atoms with Gasteiger partial charge in [-0.15, -0.1) is 11.8 Å². The molecule has 0 unspecified atom stereocenters. The number of hydrogen-bond donors (Lipinski definition) is 0. The van der Waals surface area contributed by atoms with Crippen molar-refractivity contribution in [3.63, 3.8) is 0 Å². The van der Waals surface area contributed by atoms with E-state index in [4.69, 9.17) is 4.74 Å². The first-order chi connectivity index (χ1) is 5.74. The number of allylic oxidation sites excluding steroid dienone is 2. The molecule has 0 saturated heterocycles. The third-order valence-corrected chi connectivity index (χ3v) is 2.63. The summed E-state index contributed by atoms with van der Waals surface area (Å²) < 4.78 is 5.27. The lowest BCUT2D eigenvalue weighted by molar-refractivity contribution is 0.225. The van der Waals surface area contributed by atoms with Gasteiger partial charge in [0.05, 0.1) is 12.4 Å². The molecule has 0 spiro atoms. The maximum absolute atomic E-state index is 5.27. The molecule has 0 aromatic carbocycles. The maximum Gasteiger partial charge on any atom is 0.0932 e. The summed E-state index contributed by atoms with van der Waals surface area (Å²) in [5, 5.41) is 0. The predicted octanol–water partition coefficient (Wildman–Crippen LogP) is 3.11. The second kappa shape index (κ2) is 4.41. The largest absolute Gasteiger partial charge is 0.498 e. The molecule has 2 heteroatoms. The molecule has 0 saturated carbocycles. The van der Waals surface area contributed by atoms with E-state index in [2.05, 4.69) is 19.2 Å². The molecule has 0 bridgehead atoms. The van der Waals surface area contributed by atoms with Crippen LogP contribution in [0.25, 0.3) is 0 Å². The zero-order chi connectivity index (χ0) is 8.97. The fourth-order valence-corrected chi connectivity index (χ4v) is 1.91. The molecule has 0 radical (unpaired) electrons. The topological polar surface area (TPSA) is 9.23 Å². The van der Waals surface area contributed by atoms with E-state index in [0.717, 1.165) is 22.8 Å². The van der Waals surface area contributed by atoms with Crippen molar-refractivity contribution in [1.82, 2.24) is 0 Å². The van der Waals surface area contributed by atoms with Crippen LogP contribution in [0.1, 0.15) is 13.3 Å². The molecule has 1 heterocycles. The summed E-state index contributed by atoms with van der Waals surface area (Å²) in [6, 6.07) is 0. The van der Waals surface area contributed by atoms with Crippen molar-refractivity contribution >= 4 is 11.8 Å². The molecule has 12 heavy (non-hydrogen) atoms. The van der Waals surface area contributed by atoms with Gasteiger partial charge in [0.1, 0.15) is 0 Å². The molecular weight excluding hydrogens is 168 g/mol. The van der Waals surface area contributed by atoms with Gasteiger partial charge in [0.15, 0.2) is 0 Å². The maximum atomic E-state index is 5.27. The second-order valence-corrected chi connectivity index (χ2v) is 3.73. The molecule has 0 amide bonds. The van der Waals surface area contributed by atoms with E-state index in [-0.39, 0.29) is 0 Å². The van der Waals surface area contributed by atoms with Gasteiger partial charge in [0.2, 0.25) is 0 Å². The molecule has 0 aromatic rings. The Bertz CT molecular complexity index is 228. The highest BCUT2D eigenvalue weighted by Crippen LogP contribution is 2.33. The van der Waals surface area contributed by atoms with Gasteiger partial charge in [0, 0.05) is 17.1 Å². The van der Waals surface area contributed by atoms with Crippen LogP contribution in [-0.2, 0) is 4.74 Å². The van der Waals surface area contributed by atoms with Crippen LogP contribution in [0.3, 0.4) is 0 Å². The SMILES string of the molecule is C=C(CC1=CCSC1=C)OCC. The second-order valence-electron chi connectivity index (χ2n) is 2.61. The number of ether oxygens (including phenoxy) is 1.